The first-order valence-corrected chi connectivity index (χ1v) is 4.70. The first-order chi connectivity index (χ1) is 7.60. The summed E-state index contributed by atoms with van der Waals surface area (Å²) in [7, 11) is 0. The lowest BCUT2D eigenvalue weighted by Crippen LogP contribution is -2.67. The van der Waals surface area contributed by atoms with Crippen molar-refractivity contribution >= 4 is 5.91 Å². The van der Waals surface area contributed by atoms with Crippen LogP contribution in [0, 0.1) is 0 Å². The fraction of sp³-hybridized carbons (Fsp3) is 0.875. The molecule has 0 saturated carbocycles. The van der Waals surface area contributed by atoms with Crippen molar-refractivity contribution in [1.82, 2.24) is 5.32 Å². The summed E-state index contributed by atoms with van der Waals surface area (Å²) in [5, 5.41) is 47.4. The molecule has 9 heteroatoms. The van der Waals surface area contributed by atoms with Crippen LogP contribution < -0.4 is 11.1 Å². The zero-order valence-electron chi connectivity index (χ0n) is 9.17. The highest BCUT2D eigenvalue weighted by Gasteiger charge is 2.49. The van der Waals surface area contributed by atoms with Crippen LogP contribution in [-0.4, -0.2) is 68.4 Å². The van der Waals surface area contributed by atoms with E-state index in [1.807, 2.05) is 0 Å². The Morgan fingerprint density at radius 2 is 1.88 bits per heavy atom. The molecule has 0 aliphatic heterocycles. The predicted octanol–water partition coefficient (Wildman–Crippen LogP) is -3.86. The summed E-state index contributed by atoms with van der Waals surface area (Å²) in [4.78, 5) is 10.7. The molecule has 4 atom stereocenters. The van der Waals surface area contributed by atoms with E-state index in [-0.39, 0.29) is 0 Å². The first kappa shape index (κ1) is 16.2. The van der Waals surface area contributed by atoms with Crippen molar-refractivity contribution in [3.8, 4) is 0 Å². The monoisotopic (exact) mass is 256 g/mol. The van der Waals surface area contributed by atoms with Gasteiger partial charge in [0, 0.05) is 13.5 Å². The van der Waals surface area contributed by atoms with E-state index in [0.717, 1.165) is 6.92 Å². The summed E-state index contributed by atoms with van der Waals surface area (Å²) in [5.41, 5.74) is 2.55. The minimum absolute atomic E-state index is 0.744. The number of hydrogen-bond acceptors (Lipinski definition) is 7. The normalized spacial score (nSPS) is 22.1. The molecule has 17 heavy (non-hydrogen) atoms. The molecule has 0 bridgehead atoms. The summed E-state index contributed by atoms with van der Waals surface area (Å²) < 4.78 is 13.1. The fourth-order valence-electron chi connectivity index (χ4n) is 1.15. The Hall–Kier alpha value is -0.840. The molecular weight excluding hydrogens is 239 g/mol. The van der Waals surface area contributed by atoms with Crippen molar-refractivity contribution in [2.45, 2.75) is 30.7 Å². The van der Waals surface area contributed by atoms with Crippen molar-refractivity contribution in [3.63, 3.8) is 0 Å². The quantitative estimate of drug-likeness (QED) is 0.240. The average Bonchev–Trinajstić information content (AvgIpc) is 2.25. The number of aliphatic hydroxyl groups excluding tert-OH is 3. The van der Waals surface area contributed by atoms with Crippen LogP contribution in [0.2, 0.25) is 0 Å². The van der Waals surface area contributed by atoms with Crippen LogP contribution in [0.1, 0.15) is 6.92 Å². The summed E-state index contributed by atoms with van der Waals surface area (Å²) in [6.07, 6.45) is -4.90. The SMILES string of the molecule is CC(=O)NC(O)(CN)C(O)C(O)[C@@](O)(F)CO. The van der Waals surface area contributed by atoms with Crippen LogP contribution in [0.25, 0.3) is 0 Å². The molecule has 102 valence electrons. The number of carbonyl (C=O) groups is 1. The second-order valence-electron chi connectivity index (χ2n) is 3.68. The van der Waals surface area contributed by atoms with Gasteiger partial charge < -0.3 is 36.6 Å². The molecule has 0 fully saturated rings. The van der Waals surface area contributed by atoms with Gasteiger partial charge in [-0.2, -0.15) is 0 Å². The van der Waals surface area contributed by atoms with Gasteiger partial charge in [-0.25, -0.2) is 4.39 Å². The number of aliphatic hydroxyl groups is 5. The van der Waals surface area contributed by atoms with Crippen LogP contribution in [-0.2, 0) is 4.79 Å². The van der Waals surface area contributed by atoms with Crippen molar-refractivity contribution in [1.29, 1.82) is 0 Å². The Balaban J connectivity index is 4.97. The van der Waals surface area contributed by atoms with Crippen molar-refractivity contribution < 1.29 is 34.7 Å². The Kier molecular flexibility index (Phi) is 5.39. The van der Waals surface area contributed by atoms with Gasteiger partial charge in [-0.3, -0.25) is 4.79 Å². The van der Waals surface area contributed by atoms with Crippen LogP contribution in [0.5, 0.6) is 0 Å². The molecule has 8 N–H and O–H groups in total. The lowest BCUT2D eigenvalue weighted by molar-refractivity contribution is -0.247. The van der Waals surface area contributed by atoms with E-state index in [1.54, 1.807) is 5.32 Å². The Morgan fingerprint density at radius 3 is 2.18 bits per heavy atom. The van der Waals surface area contributed by atoms with Crippen LogP contribution in [0.15, 0.2) is 0 Å². The maximum atomic E-state index is 13.1. The topological polar surface area (TPSA) is 156 Å². The number of nitrogens with one attached hydrogen (secondary N) is 1. The van der Waals surface area contributed by atoms with E-state index in [4.69, 9.17) is 15.9 Å². The minimum atomic E-state index is -3.54. The number of alkyl halides is 1. The maximum absolute atomic E-state index is 13.1. The number of halogens is 1. The second kappa shape index (κ2) is 5.67. The molecule has 3 unspecified atom stereocenters. The van der Waals surface area contributed by atoms with E-state index >= 15 is 0 Å². The summed E-state index contributed by atoms with van der Waals surface area (Å²) in [6, 6.07) is 0. The third-order valence-electron chi connectivity index (χ3n) is 2.17. The molecular formula is C8H17FN2O6. The molecule has 0 aromatic heterocycles. The van der Waals surface area contributed by atoms with Gasteiger partial charge in [0.25, 0.3) is 5.85 Å². The van der Waals surface area contributed by atoms with Crippen molar-refractivity contribution in [3.05, 3.63) is 0 Å². The van der Waals surface area contributed by atoms with E-state index in [2.05, 4.69) is 0 Å². The molecule has 0 aromatic carbocycles. The molecule has 0 saturated heterocycles. The molecule has 0 radical (unpaired) electrons. The molecule has 0 aliphatic rings. The number of amides is 1. The zero-order valence-corrected chi connectivity index (χ0v) is 9.17. The minimum Gasteiger partial charge on any atom is -0.390 e. The van der Waals surface area contributed by atoms with Gasteiger partial charge in [0.05, 0.1) is 0 Å². The molecule has 0 rings (SSSR count). The number of rotatable bonds is 6. The summed E-state index contributed by atoms with van der Waals surface area (Å²) >= 11 is 0. The summed E-state index contributed by atoms with van der Waals surface area (Å²) in [5.74, 6) is -4.34. The number of nitrogens with two attached hydrogens (primary N) is 1. The zero-order chi connectivity index (χ0) is 13.9. The Bertz CT molecular complexity index is 277. The first-order valence-electron chi connectivity index (χ1n) is 4.70. The number of carbonyl (C=O) groups excluding carboxylic acids is 1. The second-order valence-corrected chi connectivity index (χ2v) is 3.68. The van der Waals surface area contributed by atoms with E-state index in [0.29, 0.717) is 0 Å². The highest BCUT2D eigenvalue weighted by atomic mass is 19.2. The van der Waals surface area contributed by atoms with Gasteiger partial charge in [0.15, 0.2) is 5.72 Å². The van der Waals surface area contributed by atoms with Crippen molar-refractivity contribution in [2.24, 2.45) is 5.73 Å². The van der Waals surface area contributed by atoms with Crippen LogP contribution in [0.3, 0.4) is 0 Å². The standard InChI is InChI=1S/C8H17FN2O6/c1-4(13)11-8(17,2-10)6(15)5(14)7(9,16)3-12/h5-6,12,14-17H,2-3,10H2,1H3,(H,11,13)/t5?,6?,7-,8?/m1/s1. The molecule has 0 aliphatic carbocycles. The van der Waals surface area contributed by atoms with Gasteiger partial charge in [-0.05, 0) is 0 Å². The summed E-state index contributed by atoms with van der Waals surface area (Å²) in [6.45, 7) is -1.26. The molecule has 0 aromatic rings. The lowest BCUT2D eigenvalue weighted by atomic mass is 9.96. The lowest BCUT2D eigenvalue weighted by Gasteiger charge is -2.37. The number of hydrogen-bond donors (Lipinski definition) is 7. The predicted molar refractivity (Wildman–Crippen MR) is 53.0 cm³/mol. The van der Waals surface area contributed by atoms with E-state index in [9.17, 15) is 24.5 Å². The van der Waals surface area contributed by atoms with Gasteiger partial charge in [0.1, 0.15) is 18.8 Å². The fourth-order valence-corrected chi connectivity index (χ4v) is 1.15. The van der Waals surface area contributed by atoms with Gasteiger partial charge in [-0.1, -0.05) is 0 Å². The Morgan fingerprint density at radius 1 is 1.41 bits per heavy atom. The van der Waals surface area contributed by atoms with Gasteiger partial charge in [0.2, 0.25) is 5.91 Å². The van der Waals surface area contributed by atoms with Gasteiger partial charge in [-0.15, -0.1) is 0 Å². The van der Waals surface area contributed by atoms with Crippen LogP contribution in [0.4, 0.5) is 4.39 Å². The maximum Gasteiger partial charge on any atom is 0.258 e. The molecule has 0 spiro atoms. The van der Waals surface area contributed by atoms with E-state index in [1.165, 1.54) is 0 Å². The highest BCUT2D eigenvalue weighted by molar-refractivity contribution is 5.73. The molecule has 8 nitrogen and oxygen atoms in total. The molecule has 1 amide bonds. The third kappa shape index (κ3) is 3.84. The Labute approximate surface area is 96.5 Å². The smallest absolute Gasteiger partial charge is 0.258 e. The van der Waals surface area contributed by atoms with E-state index < -0.39 is 42.8 Å². The van der Waals surface area contributed by atoms with Crippen molar-refractivity contribution in [2.75, 3.05) is 13.2 Å². The third-order valence-corrected chi connectivity index (χ3v) is 2.17. The average molecular weight is 256 g/mol. The van der Waals surface area contributed by atoms with Gasteiger partial charge >= 0.3 is 0 Å². The highest BCUT2D eigenvalue weighted by Crippen LogP contribution is 2.20. The van der Waals surface area contributed by atoms with Crippen LogP contribution >= 0.6 is 0 Å². The largest absolute Gasteiger partial charge is 0.390 e. The molecule has 0 heterocycles.